The molecule has 0 aromatic heterocycles. The van der Waals surface area contributed by atoms with E-state index in [9.17, 15) is 0 Å². The van der Waals surface area contributed by atoms with E-state index < -0.39 is 0 Å². The van der Waals surface area contributed by atoms with Crippen molar-refractivity contribution in [2.75, 3.05) is 0 Å². The van der Waals surface area contributed by atoms with Crippen LogP contribution in [0.15, 0.2) is 59.2 Å². The summed E-state index contributed by atoms with van der Waals surface area (Å²) in [7, 11) is 0. The van der Waals surface area contributed by atoms with E-state index in [4.69, 9.17) is 23.2 Å². The molecule has 1 aliphatic carbocycles. The molecule has 1 unspecified atom stereocenters. The van der Waals surface area contributed by atoms with Crippen LogP contribution in [0.25, 0.3) is 0 Å². The van der Waals surface area contributed by atoms with Gasteiger partial charge in [0.1, 0.15) is 5.03 Å². The van der Waals surface area contributed by atoms with Gasteiger partial charge in [0.05, 0.1) is 5.57 Å². The zero-order valence-corrected chi connectivity index (χ0v) is 11.7. The van der Waals surface area contributed by atoms with Crippen molar-refractivity contribution in [2.45, 2.75) is 19.3 Å². The maximum Gasteiger partial charge on any atom is 0.119 e. The van der Waals surface area contributed by atoms with E-state index in [-0.39, 0.29) is 0 Å². The summed E-state index contributed by atoms with van der Waals surface area (Å²) in [6, 6.07) is 8.05. The summed E-state index contributed by atoms with van der Waals surface area (Å²) in [6.45, 7) is 2.22. The van der Waals surface area contributed by atoms with Crippen molar-refractivity contribution >= 4 is 23.2 Å². The molecule has 0 heterocycles. The first-order valence-corrected chi connectivity index (χ1v) is 6.75. The van der Waals surface area contributed by atoms with Crippen LogP contribution >= 0.6 is 23.2 Å². The maximum atomic E-state index is 5.88. The molecule has 1 aliphatic rings. The summed E-state index contributed by atoms with van der Waals surface area (Å²) in [5.41, 5.74) is 2.52. The van der Waals surface area contributed by atoms with Gasteiger partial charge in [-0.15, -0.1) is 0 Å². The highest BCUT2D eigenvalue weighted by atomic mass is 35.5. The Balaban J connectivity index is 1.96. The van der Waals surface area contributed by atoms with Gasteiger partial charge in [0.25, 0.3) is 0 Å². The Kier molecular flexibility index (Phi) is 4.57. The Labute approximate surface area is 119 Å². The molecule has 2 heteroatoms. The Morgan fingerprint density at radius 3 is 2.50 bits per heavy atom. The van der Waals surface area contributed by atoms with Crippen molar-refractivity contribution in [1.29, 1.82) is 0 Å². The van der Waals surface area contributed by atoms with Crippen molar-refractivity contribution in [3.8, 4) is 0 Å². The lowest BCUT2D eigenvalue weighted by Gasteiger charge is -2.08. The molecule has 0 radical (unpaired) electrons. The molecule has 0 saturated carbocycles. The first kappa shape index (κ1) is 13.3. The van der Waals surface area contributed by atoms with Gasteiger partial charge in [-0.3, -0.25) is 0 Å². The second-order valence-corrected chi connectivity index (χ2v) is 5.32. The van der Waals surface area contributed by atoms with Crippen LogP contribution in [0.5, 0.6) is 0 Å². The van der Waals surface area contributed by atoms with Crippen LogP contribution in [0.4, 0.5) is 0 Å². The Morgan fingerprint density at radius 2 is 1.89 bits per heavy atom. The number of allylic oxidation sites excluding steroid dienone is 6. The minimum absolute atomic E-state index is 0.484. The average molecular weight is 278 g/mol. The van der Waals surface area contributed by atoms with E-state index in [1.165, 1.54) is 11.1 Å². The molecule has 2 rings (SSSR count). The summed E-state index contributed by atoms with van der Waals surface area (Å²) in [5.74, 6) is 0.484. The van der Waals surface area contributed by atoms with Crippen LogP contribution in [0, 0.1) is 6.42 Å². The lowest BCUT2D eigenvalue weighted by atomic mass is 9.95. The highest BCUT2D eigenvalue weighted by Crippen LogP contribution is 2.24. The van der Waals surface area contributed by atoms with Crippen molar-refractivity contribution in [3.05, 3.63) is 76.2 Å². The van der Waals surface area contributed by atoms with E-state index in [1.54, 1.807) is 0 Å². The lowest BCUT2D eigenvalue weighted by Crippen LogP contribution is -1.93. The number of rotatable bonds is 3. The zero-order chi connectivity index (χ0) is 13.0. The summed E-state index contributed by atoms with van der Waals surface area (Å²) >= 11 is 11.7. The van der Waals surface area contributed by atoms with E-state index in [1.807, 2.05) is 36.8 Å². The first-order chi connectivity index (χ1) is 8.65. The predicted octanol–water partition coefficient (Wildman–Crippen LogP) is 5.66. The highest BCUT2D eigenvalue weighted by molar-refractivity contribution is 6.31. The topological polar surface area (TPSA) is 0 Å². The third kappa shape index (κ3) is 3.69. The molecule has 0 amide bonds. The fourth-order valence-corrected chi connectivity index (χ4v) is 2.09. The third-order valence-electron chi connectivity index (χ3n) is 3.02. The largest absolute Gasteiger partial charge is 0.119 e. The van der Waals surface area contributed by atoms with E-state index >= 15 is 0 Å². The Bertz CT molecular complexity index is 492. The van der Waals surface area contributed by atoms with Gasteiger partial charge in [-0.25, -0.2) is 0 Å². The van der Waals surface area contributed by atoms with Gasteiger partial charge in [-0.1, -0.05) is 30.7 Å². The van der Waals surface area contributed by atoms with Gasteiger partial charge in [-0.2, -0.15) is 0 Å². The standard InChI is InChI=1S/C16H15Cl2/c1-12(14-6-10-16(18)11-7-14)2-3-13-4-8-15(17)9-5-13/h3-12H,2H2,1H3/q+1. The molecule has 0 N–H and O–H groups in total. The SMILES string of the molecule is CC(C/C=C1/C=CC(Cl)=C[CH+]1)c1ccc(Cl)cc1. The molecule has 1 aromatic carbocycles. The van der Waals surface area contributed by atoms with Crippen LogP contribution in [0.2, 0.25) is 5.02 Å². The normalized spacial score (nSPS) is 18.4. The van der Waals surface area contributed by atoms with Crippen molar-refractivity contribution in [2.24, 2.45) is 0 Å². The van der Waals surface area contributed by atoms with Gasteiger partial charge in [0.15, 0.2) is 0 Å². The monoisotopic (exact) mass is 277 g/mol. The van der Waals surface area contributed by atoms with Crippen LogP contribution in [-0.4, -0.2) is 0 Å². The van der Waals surface area contributed by atoms with Crippen molar-refractivity contribution in [1.82, 2.24) is 0 Å². The van der Waals surface area contributed by atoms with Crippen LogP contribution < -0.4 is 0 Å². The minimum atomic E-state index is 0.484. The predicted molar refractivity (Wildman–Crippen MR) is 79.9 cm³/mol. The van der Waals surface area contributed by atoms with Crippen LogP contribution in [0.3, 0.4) is 0 Å². The van der Waals surface area contributed by atoms with Gasteiger partial charge >= 0.3 is 0 Å². The van der Waals surface area contributed by atoms with Crippen molar-refractivity contribution < 1.29 is 0 Å². The molecule has 0 aliphatic heterocycles. The highest BCUT2D eigenvalue weighted by Gasteiger charge is 2.09. The number of halogens is 2. The summed E-state index contributed by atoms with van der Waals surface area (Å²) in [6.07, 6.45) is 11.1. The summed E-state index contributed by atoms with van der Waals surface area (Å²) in [5, 5.41) is 1.56. The zero-order valence-electron chi connectivity index (χ0n) is 10.2. The Morgan fingerprint density at radius 1 is 1.17 bits per heavy atom. The lowest BCUT2D eigenvalue weighted by molar-refractivity contribution is 0.778. The van der Waals surface area contributed by atoms with Gasteiger partial charge in [0.2, 0.25) is 0 Å². The first-order valence-electron chi connectivity index (χ1n) is 5.99. The molecule has 92 valence electrons. The van der Waals surface area contributed by atoms with Crippen LogP contribution in [0.1, 0.15) is 24.8 Å². The second-order valence-electron chi connectivity index (χ2n) is 4.44. The fraction of sp³-hybridized carbons (Fsp3) is 0.188. The smallest absolute Gasteiger partial charge is 0.0843 e. The Hall–Kier alpha value is -1.11. The molecule has 18 heavy (non-hydrogen) atoms. The van der Waals surface area contributed by atoms with Crippen LogP contribution in [-0.2, 0) is 0 Å². The number of benzene rings is 1. The van der Waals surface area contributed by atoms with Gasteiger partial charge in [0, 0.05) is 36.1 Å². The molecule has 1 aromatic rings. The molecular weight excluding hydrogens is 263 g/mol. The van der Waals surface area contributed by atoms with Gasteiger partial charge in [-0.05, 0) is 41.3 Å². The molecule has 1 atom stereocenters. The number of hydrogen-bond acceptors (Lipinski definition) is 0. The molecule has 0 fully saturated rings. The van der Waals surface area contributed by atoms with Gasteiger partial charge < -0.3 is 0 Å². The third-order valence-corrected chi connectivity index (χ3v) is 3.52. The maximum absolute atomic E-state index is 5.88. The summed E-state index contributed by atoms with van der Waals surface area (Å²) < 4.78 is 0. The second kappa shape index (κ2) is 6.17. The van der Waals surface area contributed by atoms with E-state index in [0.29, 0.717) is 5.92 Å². The molecule has 0 spiro atoms. The quantitative estimate of drug-likeness (QED) is 0.626. The fourth-order valence-electron chi connectivity index (χ4n) is 1.84. The summed E-state index contributed by atoms with van der Waals surface area (Å²) in [4.78, 5) is 0. The molecule has 0 nitrogen and oxygen atoms in total. The van der Waals surface area contributed by atoms with E-state index in [0.717, 1.165) is 16.5 Å². The van der Waals surface area contributed by atoms with E-state index in [2.05, 4.69) is 25.1 Å². The molecule has 0 bridgehead atoms. The molecule has 0 saturated heterocycles. The molecular formula is C16H15Cl2+. The van der Waals surface area contributed by atoms with Crippen molar-refractivity contribution in [3.63, 3.8) is 0 Å². The number of hydrogen-bond donors (Lipinski definition) is 0. The average Bonchev–Trinajstić information content (AvgIpc) is 2.38. The minimum Gasteiger partial charge on any atom is -0.0843 e.